The molecule has 1 N–H and O–H groups in total. The Balaban J connectivity index is 1.68. The molecule has 0 saturated heterocycles. The van der Waals surface area contributed by atoms with Crippen LogP contribution in [0.1, 0.15) is 50.2 Å². The second kappa shape index (κ2) is 13.9. The summed E-state index contributed by atoms with van der Waals surface area (Å²) < 4.78 is 29.7. The second-order valence-corrected chi connectivity index (χ2v) is 13.7. The lowest BCUT2D eigenvalue weighted by Crippen LogP contribution is -2.53. The summed E-state index contributed by atoms with van der Waals surface area (Å²) in [5.41, 5.74) is 1.97. The molecule has 218 valence electrons. The fourth-order valence-corrected chi connectivity index (χ4v) is 7.02. The molecule has 0 aromatic heterocycles. The van der Waals surface area contributed by atoms with Crippen LogP contribution in [0.25, 0.3) is 0 Å². The summed E-state index contributed by atoms with van der Waals surface area (Å²) >= 11 is 9.71. The first kappa shape index (κ1) is 31.1. The highest BCUT2D eigenvalue weighted by molar-refractivity contribution is 9.10. The van der Waals surface area contributed by atoms with Gasteiger partial charge in [0.05, 0.1) is 10.6 Å². The molecule has 1 unspecified atom stereocenters. The van der Waals surface area contributed by atoms with Crippen molar-refractivity contribution >= 4 is 55.1 Å². The highest BCUT2D eigenvalue weighted by Crippen LogP contribution is 2.27. The molecule has 10 heteroatoms. The molecule has 41 heavy (non-hydrogen) atoms. The van der Waals surface area contributed by atoms with E-state index in [-0.39, 0.29) is 29.1 Å². The van der Waals surface area contributed by atoms with Crippen molar-refractivity contribution in [3.63, 3.8) is 0 Å². The van der Waals surface area contributed by atoms with Crippen LogP contribution < -0.4 is 9.62 Å². The van der Waals surface area contributed by atoms with Crippen molar-refractivity contribution in [2.24, 2.45) is 0 Å². The Labute approximate surface area is 256 Å². The van der Waals surface area contributed by atoms with Crippen LogP contribution in [0, 0.1) is 6.92 Å². The minimum atomic E-state index is -4.15. The Kier molecular flexibility index (Phi) is 10.5. The molecule has 3 aromatic carbocycles. The normalized spacial score (nSPS) is 14.7. The number of sulfonamides is 1. The third kappa shape index (κ3) is 8.11. The van der Waals surface area contributed by atoms with Gasteiger partial charge in [0.1, 0.15) is 12.6 Å². The number of hydrogen-bond donors (Lipinski definition) is 1. The molecule has 1 atom stereocenters. The van der Waals surface area contributed by atoms with Gasteiger partial charge in [-0.3, -0.25) is 13.9 Å². The quantitative estimate of drug-likeness (QED) is 0.270. The Bertz CT molecular complexity index is 1480. The predicted octanol–water partition coefficient (Wildman–Crippen LogP) is 6.47. The zero-order valence-corrected chi connectivity index (χ0v) is 26.4. The summed E-state index contributed by atoms with van der Waals surface area (Å²) in [7, 11) is -4.15. The monoisotopic (exact) mass is 659 g/mol. The highest BCUT2D eigenvalue weighted by Gasteiger charge is 2.33. The minimum Gasteiger partial charge on any atom is -0.352 e. The van der Waals surface area contributed by atoms with Crippen molar-refractivity contribution in [2.75, 3.05) is 10.8 Å². The lowest BCUT2D eigenvalue weighted by atomic mass is 9.95. The molecular formula is C31H35BrClN3O4S. The first-order chi connectivity index (χ1) is 19.5. The van der Waals surface area contributed by atoms with Crippen LogP contribution in [-0.2, 0) is 26.2 Å². The molecule has 7 nitrogen and oxygen atoms in total. The van der Waals surface area contributed by atoms with Gasteiger partial charge in [-0.2, -0.15) is 0 Å². The minimum absolute atomic E-state index is 0.0532. The second-order valence-electron chi connectivity index (χ2n) is 10.5. The van der Waals surface area contributed by atoms with E-state index >= 15 is 0 Å². The molecule has 4 rings (SSSR count). The van der Waals surface area contributed by atoms with Gasteiger partial charge < -0.3 is 10.2 Å². The maximum absolute atomic E-state index is 14.1. The number of nitrogens with zero attached hydrogens (tertiary/aromatic N) is 2. The third-order valence-corrected chi connectivity index (χ3v) is 9.86. The number of amides is 2. The largest absolute Gasteiger partial charge is 0.352 e. The number of nitrogens with one attached hydrogen (secondary N) is 1. The van der Waals surface area contributed by atoms with E-state index in [9.17, 15) is 18.0 Å². The van der Waals surface area contributed by atoms with Crippen molar-refractivity contribution < 1.29 is 18.0 Å². The van der Waals surface area contributed by atoms with Crippen LogP contribution in [0.3, 0.4) is 0 Å². The summed E-state index contributed by atoms with van der Waals surface area (Å²) in [6.07, 6.45) is 5.10. The Morgan fingerprint density at radius 2 is 1.68 bits per heavy atom. The molecule has 0 aliphatic heterocycles. The standard InChI is InChI=1S/C31H35BrClN3O4S/c1-22-14-16-29(17-15-22)41(39,40)36(28-13-7-10-26(33)19-28)21-30(37)35(20-24-8-6-9-25(32)18-24)23(2)31(38)34-27-11-4-3-5-12-27/h6-10,13-19,23,27H,3-5,11-12,20-21H2,1-2H3,(H,34,38). The van der Waals surface area contributed by atoms with E-state index in [1.807, 2.05) is 31.2 Å². The number of anilines is 1. The van der Waals surface area contributed by atoms with Crippen molar-refractivity contribution in [2.45, 2.75) is 69.5 Å². The van der Waals surface area contributed by atoms with Gasteiger partial charge in [0, 0.05) is 22.1 Å². The lowest BCUT2D eigenvalue weighted by Gasteiger charge is -2.33. The molecule has 0 bridgehead atoms. The zero-order chi connectivity index (χ0) is 29.6. The average Bonchev–Trinajstić information content (AvgIpc) is 2.95. The SMILES string of the molecule is Cc1ccc(S(=O)(=O)N(CC(=O)N(Cc2cccc(Br)c2)C(C)C(=O)NC2CCCCC2)c2cccc(Cl)c2)cc1. The van der Waals surface area contributed by atoms with Crippen molar-refractivity contribution in [3.05, 3.63) is 93.4 Å². The van der Waals surface area contributed by atoms with Crippen LogP contribution in [0.15, 0.2) is 82.2 Å². The summed E-state index contributed by atoms with van der Waals surface area (Å²) in [5, 5.41) is 3.45. The Hall–Kier alpha value is -2.88. The van der Waals surface area contributed by atoms with E-state index in [2.05, 4.69) is 21.2 Å². The van der Waals surface area contributed by atoms with Crippen LogP contribution in [0.4, 0.5) is 5.69 Å². The lowest BCUT2D eigenvalue weighted by molar-refractivity contribution is -0.139. The number of benzene rings is 3. The first-order valence-corrected chi connectivity index (χ1v) is 16.3. The van der Waals surface area contributed by atoms with Gasteiger partial charge >= 0.3 is 0 Å². The molecule has 0 radical (unpaired) electrons. The van der Waals surface area contributed by atoms with Crippen LogP contribution in [0.5, 0.6) is 0 Å². The fraction of sp³-hybridized carbons (Fsp3) is 0.355. The fourth-order valence-electron chi connectivity index (χ4n) is 4.98. The van der Waals surface area contributed by atoms with Crippen molar-refractivity contribution in [3.8, 4) is 0 Å². The number of halogens is 2. The maximum Gasteiger partial charge on any atom is 0.264 e. The predicted molar refractivity (Wildman–Crippen MR) is 166 cm³/mol. The van der Waals surface area contributed by atoms with Crippen LogP contribution in [0.2, 0.25) is 5.02 Å². The topological polar surface area (TPSA) is 86.8 Å². The van der Waals surface area contributed by atoms with Crippen LogP contribution >= 0.6 is 27.5 Å². The van der Waals surface area contributed by atoms with Gasteiger partial charge in [0.25, 0.3) is 10.0 Å². The summed E-state index contributed by atoms with van der Waals surface area (Å²) in [5.74, 6) is -0.761. The molecular weight excluding hydrogens is 626 g/mol. The number of hydrogen-bond acceptors (Lipinski definition) is 4. The van der Waals surface area contributed by atoms with Gasteiger partial charge in [0.2, 0.25) is 11.8 Å². The van der Waals surface area contributed by atoms with E-state index in [1.54, 1.807) is 37.3 Å². The molecule has 2 amide bonds. The molecule has 0 heterocycles. The Morgan fingerprint density at radius 3 is 2.34 bits per heavy atom. The molecule has 3 aromatic rings. The van der Waals surface area contributed by atoms with Gasteiger partial charge in [-0.15, -0.1) is 0 Å². The summed E-state index contributed by atoms with van der Waals surface area (Å²) in [4.78, 5) is 29.0. The first-order valence-electron chi connectivity index (χ1n) is 13.7. The van der Waals surface area contributed by atoms with E-state index < -0.39 is 28.5 Å². The zero-order valence-electron chi connectivity index (χ0n) is 23.2. The molecule has 0 spiro atoms. The van der Waals surface area contributed by atoms with Crippen molar-refractivity contribution in [1.82, 2.24) is 10.2 Å². The third-order valence-electron chi connectivity index (χ3n) is 7.34. The molecule has 1 aliphatic rings. The number of aryl methyl sites for hydroxylation is 1. The van der Waals surface area contributed by atoms with Crippen molar-refractivity contribution in [1.29, 1.82) is 0 Å². The van der Waals surface area contributed by atoms with Gasteiger partial charge in [0.15, 0.2) is 0 Å². The summed E-state index contributed by atoms with van der Waals surface area (Å²) in [6.45, 7) is 3.18. The van der Waals surface area contributed by atoms with Gasteiger partial charge in [-0.25, -0.2) is 8.42 Å². The summed E-state index contributed by atoms with van der Waals surface area (Å²) in [6, 6.07) is 19.6. The van der Waals surface area contributed by atoms with Crippen LogP contribution in [-0.4, -0.2) is 43.8 Å². The number of rotatable bonds is 10. The average molecular weight is 661 g/mol. The molecule has 1 fully saturated rings. The smallest absolute Gasteiger partial charge is 0.264 e. The number of carbonyl (C=O) groups is 2. The van der Waals surface area contributed by atoms with E-state index in [0.717, 1.165) is 52.0 Å². The molecule has 1 saturated carbocycles. The van der Waals surface area contributed by atoms with E-state index in [1.165, 1.54) is 23.1 Å². The Morgan fingerprint density at radius 1 is 1.00 bits per heavy atom. The maximum atomic E-state index is 14.1. The highest BCUT2D eigenvalue weighted by atomic mass is 79.9. The van der Waals surface area contributed by atoms with Gasteiger partial charge in [-0.1, -0.05) is 82.7 Å². The molecule has 1 aliphatic carbocycles. The van der Waals surface area contributed by atoms with E-state index in [4.69, 9.17) is 11.6 Å². The van der Waals surface area contributed by atoms with Gasteiger partial charge in [-0.05, 0) is 74.7 Å². The van der Waals surface area contributed by atoms with E-state index in [0.29, 0.717) is 5.02 Å². The number of carbonyl (C=O) groups excluding carboxylic acids is 2.